The minimum Gasteiger partial charge on any atom is -0.496 e. The van der Waals surface area contributed by atoms with Gasteiger partial charge in [-0.1, -0.05) is 0 Å². The summed E-state index contributed by atoms with van der Waals surface area (Å²) in [6.07, 6.45) is -3.26. The average Bonchev–Trinajstić information content (AvgIpc) is 2.62. The van der Waals surface area contributed by atoms with E-state index in [0.717, 1.165) is 40.5 Å². The lowest BCUT2D eigenvalue weighted by Crippen LogP contribution is -2.05. The van der Waals surface area contributed by atoms with Crippen molar-refractivity contribution in [1.29, 1.82) is 0 Å². The molecule has 0 heterocycles. The summed E-state index contributed by atoms with van der Waals surface area (Å²) in [6.45, 7) is 2.46. The molecule has 0 aliphatic heterocycles. The SMILES string of the molecule is COc1ccc(SCCCOc2ccc(C(F)(F)F)cc2)cc1C.O=C=O. The summed E-state index contributed by atoms with van der Waals surface area (Å²) in [5.41, 5.74) is 0.420. The van der Waals surface area contributed by atoms with Gasteiger partial charge in [-0.3, -0.25) is 0 Å². The molecule has 0 bridgehead atoms. The van der Waals surface area contributed by atoms with Crippen LogP contribution in [0.1, 0.15) is 17.5 Å². The third-order valence-electron chi connectivity index (χ3n) is 3.37. The molecular formula is C19H19F3O4S. The Morgan fingerprint density at radius 1 is 1.07 bits per heavy atom. The number of methoxy groups -OCH3 is 1. The highest BCUT2D eigenvalue weighted by Crippen LogP contribution is 2.30. The van der Waals surface area contributed by atoms with Crippen molar-refractivity contribution < 1.29 is 32.2 Å². The second-order valence-electron chi connectivity index (χ2n) is 5.29. The maximum atomic E-state index is 12.5. The van der Waals surface area contributed by atoms with Crippen molar-refractivity contribution in [2.24, 2.45) is 0 Å². The summed E-state index contributed by atoms with van der Waals surface area (Å²) in [4.78, 5) is 17.4. The molecule has 2 aromatic carbocycles. The van der Waals surface area contributed by atoms with Crippen molar-refractivity contribution in [3.63, 3.8) is 0 Å². The van der Waals surface area contributed by atoms with E-state index < -0.39 is 11.7 Å². The van der Waals surface area contributed by atoms with Crippen molar-refractivity contribution in [2.45, 2.75) is 24.4 Å². The zero-order valence-electron chi connectivity index (χ0n) is 14.8. The van der Waals surface area contributed by atoms with E-state index in [-0.39, 0.29) is 6.15 Å². The summed E-state index contributed by atoms with van der Waals surface area (Å²) < 4.78 is 48.1. The third kappa shape index (κ3) is 8.19. The standard InChI is InChI=1S/C18H19F3O2S.CO2/c1-13-12-16(8-9-17(13)22-2)24-11-3-10-23-15-6-4-14(5-7-15)18(19,20)21;2-1-3/h4-9,12H,3,10-11H2,1-2H3;. The van der Waals surface area contributed by atoms with Crippen LogP contribution in [0.15, 0.2) is 47.4 Å². The molecule has 0 aromatic heterocycles. The maximum Gasteiger partial charge on any atom is 0.416 e. The fraction of sp³-hybridized carbons (Fsp3) is 0.316. The number of benzene rings is 2. The van der Waals surface area contributed by atoms with E-state index in [1.54, 1.807) is 18.9 Å². The lowest BCUT2D eigenvalue weighted by molar-refractivity contribution is -0.191. The number of rotatable bonds is 7. The van der Waals surface area contributed by atoms with E-state index in [0.29, 0.717) is 12.4 Å². The van der Waals surface area contributed by atoms with Gasteiger partial charge < -0.3 is 9.47 Å². The van der Waals surface area contributed by atoms with Gasteiger partial charge >= 0.3 is 12.3 Å². The fourth-order valence-corrected chi connectivity index (χ4v) is 3.04. The van der Waals surface area contributed by atoms with Crippen molar-refractivity contribution in [2.75, 3.05) is 19.5 Å². The molecule has 0 saturated carbocycles. The lowest BCUT2D eigenvalue weighted by atomic mass is 10.2. The topological polar surface area (TPSA) is 52.6 Å². The summed E-state index contributed by atoms with van der Waals surface area (Å²) in [5.74, 6) is 2.19. The smallest absolute Gasteiger partial charge is 0.416 e. The Labute approximate surface area is 159 Å². The van der Waals surface area contributed by atoms with Crippen LogP contribution in [0, 0.1) is 6.92 Å². The van der Waals surface area contributed by atoms with Crippen molar-refractivity contribution >= 4 is 17.9 Å². The molecule has 146 valence electrons. The molecule has 0 unspecified atom stereocenters. The van der Waals surface area contributed by atoms with Crippen LogP contribution in [0.25, 0.3) is 0 Å². The molecule has 2 rings (SSSR count). The van der Waals surface area contributed by atoms with Gasteiger partial charge in [0.25, 0.3) is 0 Å². The van der Waals surface area contributed by atoms with Gasteiger partial charge in [0.05, 0.1) is 19.3 Å². The Balaban J connectivity index is 0.00000114. The zero-order valence-corrected chi connectivity index (χ0v) is 15.7. The Kier molecular flexibility index (Phi) is 9.47. The summed E-state index contributed by atoms with van der Waals surface area (Å²) >= 11 is 1.71. The largest absolute Gasteiger partial charge is 0.496 e. The van der Waals surface area contributed by atoms with E-state index in [1.807, 2.05) is 19.1 Å². The number of carbonyl (C=O) groups excluding carboxylic acids is 2. The first-order valence-corrected chi connectivity index (χ1v) is 8.87. The Morgan fingerprint density at radius 3 is 2.22 bits per heavy atom. The molecule has 0 aliphatic carbocycles. The van der Waals surface area contributed by atoms with E-state index in [1.165, 1.54) is 12.1 Å². The predicted molar refractivity (Wildman–Crippen MR) is 95.0 cm³/mol. The van der Waals surface area contributed by atoms with Crippen molar-refractivity contribution in [3.05, 3.63) is 53.6 Å². The monoisotopic (exact) mass is 400 g/mol. The second-order valence-corrected chi connectivity index (χ2v) is 6.46. The Hall–Kier alpha value is -2.44. The van der Waals surface area contributed by atoms with E-state index in [2.05, 4.69) is 6.07 Å². The molecule has 0 amide bonds. The molecular weight excluding hydrogens is 381 g/mol. The molecule has 0 radical (unpaired) electrons. The highest BCUT2D eigenvalue weighted by atomic mass is 32.2. The number of ether oxygens (including phenoxy) is 2. The third-order valence-corrected chi connectivity index (χ3v) is 4.45. The number of halogens is 3. The molecule has 0 fully saturated rings. The molecule has 8 heteroatoms. The van der Waals surface area contributed by atoms with Crippen LogP contribution in [0.3, 0.4) is 0 Å². The number of alkyl halides is 3. The summed E-state index contributed by atoms with van der Waals surface area (Å²) in [6, 6.07) is 10.8. The zero-order chi connectivity index (χ0) is 20.3. The first kappa shape index (κ1) is 22.6. The van der Waals surface area contributed by atoms with Crippen LogP contribution >= 0.6 is 11.8 Å². The van der Waals surface area contributed by atoms with E-state index in [4.69, 9.17) is 19.1 Å². The van der Waals surface area contributed by atoms with Crippen LogP contribution in [0.2, 0.25) is 0 Å². The van der Waals surface area contributed by atoms with Crippen LogP contribution < -0.4 is 9.47 Å². The molecule has 2 aromatic rings. The molecule has 0 atom stereocenters. The minimum absolute atomic E-state index is 0.250. The highest BCUT2D eigenvalue weighted by molar-refractivity contribution is 7.99. The van der Waals surface area contributed by atoms with Gasteiger partial charge in [-0.25, -0.2) is 0 Å². The van der Waals surface area contributed by atoms with Gasteiger partial charge in [-0.15, -0.1) is 11.8 Å². The minimum atomic E-state index is -4.31. The number of hydrogen-bond donors (Lipinski definition) is 0. The number of hydrogen-bond acceptors (Lipinski definition) is 5. The van der Waals surface area contributed by atoms with Crippen LogP contribution in [-0.2, 0) is 15.8 Å². The quantitative estimate of drug-likeness (QED) is 0.484. The first-order valence-electron chi connectivity index (χ1n) is 7.88. The molecule has 0 N–H and O–H groups in total. The Bertz CT molecular complexity index is 740. The predicted octanol–water partition coefficient (Wildman–Crippen LogP) is 5.00. The van der Waals surface area contributed by atoms with Gasteiger partial charge in [0.1, 0.15) is 11.5 Å². The molecule has 0 saturated heterocycles. The Morgan fingerprint density at radius 2 is 1.70 bits per heavy atom. The lowest BCUT2D eigenvalue weighted by Gasteiger charge is -2.09. The normalized spacial score (nSPS) is 10.4. The summed E-state index contributed by atoms with van der Waals surface area (Å²) in [7, 11) is 1.65. The highest BCUT2D eigenvalue weighted by Gasteiger charge is 2.29. The van der Waals surface area contributed by atoms with Crippen LogP contribution in [0.4, 0.5) is 13.2 Å². The van der Waals surface area contributed by atoms with Crippen LogP contribution in [-0.4, -0.2) is 25.6 Å². The van der Waals surface area contributed by atoms with Crippen molar-refractivity contribution in [3.8, 4) is 11.5 Å². The van der Waals surface area contributed by atoms with Gasteiger partial charge in [-0.05, 0) is 61.4 Å². The molecule has 0 spiro atoms. The number of aryl methyl sites for hydroxylation is 1. The van der Waals surface area contributed by atoms with Crippen LogP contribution in [0.5, 0.6) is 11.5 Å². The first-order chi connectivity index (χ1) is 12.8. The van der Waals surface area contributed by atoms with Gasteiger partial charge in [-0.2, -0.15) is 22.8 Å². The van der Waals surface area contributed by atoms with Gasteiger partial charge in [0.15, 0.2) is 0 Å². The fourth-order valence-electron chi connectivity index (χ4n) is 2.12. The van der Waals surface area contributed by atoms with Crippen molar-refractivity contribution in [1.82, 2.24) is 0 Å². The molecule has 4 nitrogen and oxygen atoms in total. The average molecular weight is 400 g/mol. The molecule has 0 aliphatic rings. The molecule has 27 heavy (non-hydrogen) atoms. The van der Waals surface area contributed by atoms with Gasteiger partial charge in [0, 0.05) is 10.6 Å². The summed E-state index contributed by atoms with van der Waals surface area (Å²) in [5, 5.41) is 0. The van der Waals surface area contributed by atoms with Gasteiger partial charge in [0.2, 0.25) is 0 Å². The van der Waals surface area contributed by atoms with E-state index >= 15 is 0 Å². The second kappa shape index (κ2) is 11.3. The maximum absolute atomic E-state index is 12.5. The van der Waals surface area contributed by atoms with E-state index in [9.17, 15) is 13.2 Å². The number of thioether (sulfide) groups is 1.